The molecule has 0 aromatic rings. The van der Waals surface area contributed by atoms with E-state index < -0.39 is 12.1 Å². The van der Waals surface area contributed by atoms with E-state index in [-0.39, 0.29) is 30.1 Å². The van der Waals surface area contributed by atoms with Crippen LogP contribution in [0.15, 0.2) is 12.7 Å². The first-order valence-electron chi connectivity index (χ1n) is 8.12. The Morgan fingerprint density at radius 1 is 1.22 bits per heavy atom. The summed E-state index contributed by atoms with van der Waals surface area (Å²) in [6.45, 7) is 10.2. The summed E-state index contributed by atoms with van der Waals surface area (Å²) in [5, 5.41) is 6.92. The number of hydrazine groups is 1. The predicted molar refractivity (Wildman–Crippen MR) is 88.1 cm³/mol. The minimum atomic E-state index is -0.674. The fourth-order valence-electron chi connectivity index (χ4n) is 2.37. The summed E-state index contributed by atoms with van der Waals surface area (Å²) < 4.78 is 0. The van der Waals surface area contributed by atoms with E-state index in [9.17, 15) is 14.4 Å². The van der Waals surface area contributed by atoms with Crippen LogP contribution in [0.25, 0.3) is 0 Å². The molecule has 1 rings (SSSR count). The van der Waals surface area contributed by atoms with Gasteiger partial charge in [0.25, 0.3) is 5.91 Å². The average molecular weight is 324 g/mol. The third-order valence-corrected chi connectivity index (χ3v) is 3.70. The highest BCUT2D eigenvalue weighted by Crippen LogP contribution is 2.05. The molecule has 0 saturated carbocycles. The Hall–Kier alpha value is -1.89. The predicted octanol–water partition coefficient (Wildman–Crippen LogP) is 0.335. The van der Waals surface area contributed by atoms with E-state index in [1.165, 1.54) is 6.08 Å². The molecule has 23 heavy (non-hydrogen) atoms. The lowest BCUT2D eigenvalue weighted by Crippen LogP contribution is -2.57. The third-order valence-electron chi connectivity index (χ3n) is 3.70. The van der Waals surface area contributed by atoms with Crippen molar-refractivity contribution < 1.29 is 14.4 Å². The van der Waals surface area contributed by atoms with E-state index in [0.29, 0.717) is 6.54 Å². The molecule has 130 valence electrons. The lowest BCUT2D eigenvalue weighted by atomic mass is 10.0. The highest BCUT2D eigenvalue weighted by atomic mass is 16.2. The van der Waals surface area contributed by atoms with Gasteiger partial charge in [-0.3, -0.25) is 19.4 Å². The first-order valence-corrected chi connectivity index (χ1v) is 8.12. The van der Waals surface area contributed by atoms with Crippen molar-refractivity contribution in [2.75, 3.05) is 13.1 Å². The highest BCUT2D eigenvalue weighted by Gasteiger charge is 2.28. The molecule has 1 fully saturated rings. The van der Waals surface area contributed by atoms with Gasteiger partial charge in [0.2, 0.25) is 11.8 Å². The summed E-state index contributed by atoms with van der Waals surface area (Å²) in [6, 6.07) is -1.32. The Kier molecular flexibility index (Phi) is 7.74. The van der Waals surface area contributed by atoms with Crippen molar-refractivity contribution in [2.24, 2.45) is 5.92 Å². The number of hydrogen-bond donors (Lipinski definition) is 3. The second-order valence-corrected chi connectivity index (χ2v) is 6.12. The maximum absolute atomic E-state index is 12.4. The summed E-state index contributed by atoms with van der Waals surface area (Å²) in [5.41, 5.74) is 3.03. The molecule has 0 bridgehead atoms. The number of hydrogen-bond acceptors (Lipinski definition) is 4. The topological polar surface area (TPSA) is 90.5 Å². The van der Waals surface area contributed by atoms with Gasteiger partial charge >= 0.3 is 0 Å². The monoisotopic (exact) mass is 324 g/mol. The standard InChI is InChI=1S/C16H28N4O3/c1-5-8-13(21)19-14(11(2)3)15(22)18-12(4)16(23)20-10-7-6-9-17-20/h5,11-12,14,17H,1,6-10H2,2-4H3,(H,18,22)(H,19,21)/t12-,14-/m0/s1. The Morgan fingerprint density at radius 2 is 1.91 bits per heavy atom. The molecular formula is C16H28N4O3. The van der Waals surface area contributed by atoms with Gasteiger partial charge in [-0.1, -0.05) is 19.9 Å². The van der Waals surface area contributed by atoms with Gasteiger partial charge in [-0.05, 0) is 25.7 Å². The van der Waals surface area contributed by atoms with Crippen LogP contribution in [0.5, 0.6) is 0 Å². The molecule has 0 aliphatic carbocycles. The van der Waals surface area contributed by atoms with Crippen LogP contribution in [-0.2, 0) is 14.4 Å². The van der Waals surface area contributed by atoms with Gasteiger partial charge < -0.3 is 10.6 Å². The van der Waals surface area contributed by atoms with E-state index in [1.54, 1.807) is 11.9 Å². The maximum atomic E-state index is 12.4. The van der Waals surface area contributed by atoms with E-state index >= 15 is 0 Å². The van der Waals surface area contributed by atoms with Crippen molar-refractivity contribution in [1.29, 1.82) is 0 Å². The summed E-state index contributed by atoms with van der Waals surface area (Å²) in [7, 11) is 0. The molecule has 7 nitrogen and oxygen atoms in total. The van der Waals surface area contributed by atoms with Gasteiger partial charge in [0.1, 0.15) is 12.1 Å². The molecular weight excluding hydrogens is 296 g/mol. The van der Waals surface area contributed by atoms with E-state index in [0.717, 1.165) is 19.4 Å². The van der Waals surface area contributed by atoms with Crippen LogP contribution in [0.3, 0.4) is 0 Å². The number of rotatable bonds is 7. The van der Waals surface area contributed by atoms with Crippen LogP contribution < -0.4 is 16.1 Å². The third kappa shape index (κ3) is 6.02. The molecule has 1 aliphatic heterocycles. The number of carbonyl (C=O) groups is 3. The van der Waals surface area contributed by atoms with E-state index in [4.69, 9.17) is 0 Å². The van der Waals surface area contributed by atoms with Crippen molar-refractivity contribution in [1.82, 2.24) is 21.1 Å². The van der Waals surface area contributed by atoms with Crippen LogP contribution in [0.2, 0.25) is 0 Å². The molecule has 3 amide bonds. The molecule has 0 unspecified atom stereocenters. The number of carbonyl (C=O) groups excluding carboxylic acids is 3. The normalized spacial score (nSPS) is 17.3. The molecule has 0 radical (unpaired) electrons. The first kappa shape index (κ1) is 19.2. The minimum absolute atomic E-state index is 0.0841. The highest BCUT2D eigenvalue weighted by molar-refractivity contribution is 5.92. The van der Waals surface area contributed by atoms with E-state index in [1.807, 2.05) is 13.8 Å². The van der Waals surface area contributed by atoms with Crippen LogP contribution in [-0.4, -0.2) is 47.9 Å². The second kappa shape index (κ2) is 9.29. The van der Waals surface area contributed by atoms with Gasteiger partial charge in [0, 0.05) is 19.5 Å². The van der Waals surface area contributed by atoms with Crippen molar-refractivity contribution in [3.63, 3.8) is 0 Å². The largest absolute Gasteiger partial charge is 0.344 e. The fourth-order valence-corrected chi connectivity index (χ4v) is 2.37. The van der Waals surface area contributed by atoms with Crippen molar-refractivity contribution in [2.45, 2.75) is 52.1 Å². The Morgan fingerprint density at radius 3 is 2.43 bits per heavy atom. The molecule has 7 heteroatoms. The van der Waals surface area contributed by atoms with E-state index in [2.05, 4.69) is 22.6 Å². The quantitative estimate of drug-likeness (QED) is 0.589. The van der Waals surface area contributed by atoms with Crippen LogP contribution >= 0.6 is 0 Å². The summed E-state index contributed by atoms with van der Waals surface area (Å²) in [6.07, 6.45) is 3.63. The summed E-state index contributed by atoms with van der Waals surface area (Å²) >= 11 is 0. The van der Waals surface area contributed by atoms with Gasteiger partial charge in [0.15, 0.2) is 0 Å². The van der Waals surface area contributed by atoms with Crippen molar-refractivity contribution in [3.05, 3.63) is 12.7 Å². The lowest BCUT2D eigenvalue weighted by Gasteiger charge is -2.31. The van der Waals surface area contributed by atoms with Crippen molar-refractivity contribution in [3.8, 4) is 0 Å². The Balaban J connectivity index is 2.60. The number of nitrogens with one attached hydrogen (secondary N) is 3. The van der Waals surface area contributed by atoms with Gasteiger partial charge in [-0.25, -0.2) is 5.43 Å². The smallest absolute Gasteiger partial charge is 0.258 e. The molecule has 1 aliphatic rings. The van der Waals surface area contributed by atoms with Crippen molar-refractivity contribution >= 4 is 17.7 Å². The van der Waals surface area contributed by atoms with Gasteiger partial charge in [-0.2, -0.15) is 0 Å². The maximum Gasteiger partial charge on any atom is 0.258 e. The minimum Gasteiger partial charge on any atom is -0.344 e. The first-order chi connectivity index (χ1) is 10.9. The molecule has 2 atom stereocenters. The molecule has 1 saturated heterocycles. The molecule has 3 N–H and O–H groups in total. The van der Waals surface area contributed by atoms with Gasteiger partial charge in [0.05, 0.1) is 0 Å². The fraction of sp³-hybridized carbons (Fsp3) is 0.688. The lowest BCUT2D eigenvalue weighted by molar-refractivity contribution is -0.140. The summed E-state index contributed by atoms with van der Waals surface area (Å²) in [4.78, 5) is 36.4. The second-order valence-electron chi connectivity index (χ2n) is 6.12. The van der Waals surface area contributed by atoms with Crippen LogP contribution in [0.1, 0.15) is 40.0 Å². The molecule has 0 spiro atoms. The van der Waals surface area contributed by atoms with Crippen LogP contribution in [0.4, 0.5) is 0 Å². The SMILES string of the molecule is C=CCC(=O)N[C@H](C(=O)N[C@@H](C)C(=O)N1CCCCN1)C(C)C. The number of nitrogens with zero attached hydrogens (tertiary/aromatic N) is 1. The van der Waals surface area contributed by atoms with Crippen LogP contribution in [0, 0.1) is 5.92 Å². The number of amides is 3. The zero-order chi connectivity index (χ0) is 17.4. The average Bonchev–Trinajstić information content (AvgIpc) is 2.52. The zero-order valence-corrected chi connectivity index (χ0v) is 14.2. The Bertz CT molecular complexity index is 445. The molecule has 0 aromatic carbocycles. The summed E-state index contributed by atoms with van der Waals surface area (Å²) in [5.74, 6) is -0.863. The molecule has 1 heterocycles. The zero-order valence-electron chi connectivity index (χ0n) is 14.2. The molecule has 0 aromatic heterocycles. The van der Waals surface area contributed by atoms with Gasteiger partial charge in [-0.15, -0.1) is 6.58 Å². The Labute approximate surface area is 137 Å².